The topological polar surface area (TPSA) is 88.4 Å². The second-order valence-corrected chi connectivity index (χ2v) is 6.39. The van der Waals surface area contributed by atoms with Gasteiger partial charge in [-0.1, -0.05) is 12.1 Å². The summed E-state index contributed by atoms with van der Waals surface area (Å²) in [5, 5.41) is 9.03. The Hall–Kier alpha value is -2.56. The Labute approximate surface area is 135 Å². The molecule has 0 heterocycles. The third-order valence-corrected chi connectivity index (χ3v) is 4.63. The van der Waals surface area contributed by atoms with E-state index in [0.717, 1.165) is 0 Å². The normalized spacial score (nSPS) is 10.8. The van der Waals surface area contributed by atoms with Crippen LogP contribution >= 0.6 is 0 Å². The molecule has 6 nitrogen and oxygen atoms in total. The van der Waals surface area contributed by atoms with Crippen molar-refractivity contribution in [2.75, 3.05) is 14.2 Å². The summed E-state index contributed by atoms with van der Waals surface area (Å²) >= 11 is 0. The van der Waals surface area contributed by atoms with E-state index < -0.39 is 10.0 Å². The van der Waals surface area contributed by atoms with Gasteiger partial charge in [0.1, 0.15) is 17.6 Å². The second-order valence-electron chi connectivity index (χ2n) is 4.65. The van der Waals surface area contributed by atoms with E-state index in [1.807, 2.05) is 6.07 Å². The van der Waals surface area contributed by atoms with Crippen molar-refractivity contribution in [3.63, 3.8) is 0 Å². The van der Waals surface area contributed by atoms with Gasteiger partial charge < -0.3 is 9.47 Å². The number of nitrogens with one attached hydrogen (secondary N) is 1. The first kappa shape index (κ1) is 16.8. The van der Waals surface area contributed by atoms with Crippen LogP contribution in [0.2, 0.25) is 0 Å². The average Bonchev–Trinajstić information content (AvgIpc) is 2.59. The molecule has 0 aliphatic rings. The van der Waals surface area contributed by atoms with Gasteiger partial charge in [0.2, 0.25) is 10.0 Å². The summed E-state index contributed by atoms with van der Waals surface area (Å²) in [6.45, 7) is 0.0512. The van der Waals surface area contributed by atoms with Crippen LogP contribution in [-0.4, -0.2) is 22.6 Å². The molecule has 120 valence electrons. The maximum atomic E-state index is 12.4. The van der Waals surface area contributed by atoms with Crippen LogP contribution in [0.15, 0.2) is 47.4 Å². The average molecular weight is 332 g/mol. The van der Waals surface area contributed by atoms with Gasteiger partial charge in [-0.25, -0.2) is 13.1 Å². The van der Waals surface area contributed by atoms with Crippen LogP contribution in [0.25, 0.3) is 0 Å². The zero-order valence-corrected chi connectivity index (χ0v) is 13.6. The number of hydrogen-bond donors (Lipinski definition) is 1. The molecule has 0 atom stereocenters. The number of benzene rings is 2. The van der Waals surface area contributed by atoms with Gasteiger partial charge in [0.05, 0.1) is 24.7 Å². The van der Waals surface area contributed by atoms with Crippen LogP contribution in [0.4, 0.5) is 0 Å². The standard InChI is InChI=1S/C16H16N2O4S/c1-21-14-7-12(8-15(9-14)22-2)11-18-23(19,20)16-6-4-3-5-13(16)10-17/h3-9,18H,11H2,1-2H3. The highest BCUT2D eigenvalue weighted by Gasteiger charge is 2.18. The molecule has 0 saturated heterocycles. The van der Waals surface area contributed by atoms with Crippen molar-refractivity contribution in [1.29, 1.82) is 5.26 Å². The molecule has 0 saturated carbocycles. The SMILES string of the molecule is COc1cc(CNS(=O)(=O)c2ccccc2C#N)cc(OC)c1. The summed E-state index contributed by atoms with van der Waals surface area (Å²) in [4.78, 5) is -0.0441. The number of nitrogens with zero attached hydrogens (tertiary/aromatic N) is 1. The van der Waals surface area contributed by atoms with E-state index in [4.69, 9.17) is 14.7 Å². The van der Waals surface area contributed by atoms with Gasteiger partial charge in [-0.15, -0.1) is 0 Å². The van der Waals surface area contributed by atoms with E-state index in [1.165, 1.54) is 26.4 Å². The summed E-state index contributed by atoms with van der Waals surface area (Å²) < 4.78 is 37.5. The van der Waals surface area contributed by atoms with Crippen molar-refractivity contribution in [2.24, 2.45) is 0 Å². The second kappa shape index (κ2) is 7.13. The molecular weight excluding hydrogens is 316 g/mol. The minimum atomic E-state index is -3.79. The Morgan fingerprint density at radius 2 is 1.70 bits per heavy atom. The van der Waals surface area contributed by atoms with E-state index in [1.54, 1.807) is 30.3 Å². The molecule has 2 aromatic carbocycles. The smallest absolute Gasteiger partial charge is 0.242 e. The summed E-state index contributed by atoms with van der Waals surface area (Å²) in [7, 11) is -0.755. The molecule has 23 heavy (non-hydrogen) atoms. The van der Waals surface area contributed by atoms with Crippen molar-refractivity contribution in [3.8, 4) is 17.6 Å². The van der Waals surface area contributed by atoms with Gasteiger partial charge in [-0.3, -0.25) is 0 Å². The molecule has 0 fully saturated rings. The summed E-state index contributed by atoms with van der Waals surface area (Å²) in [6.07, 6.45) is 0. The van der Waals surface area contributed by atoms with Crippen molar-refractivity contribution < 1.29 is 17.9 Å². The molecular formula is C16H16N2O4S. The highest BCUT2D eigenvalue weighted by atomic mass is 32.2. The maximum Gasteiger partial charge on any atom is 0.242 e. The van der Waals surface area contributed by atoms with E-state index in [-0.39, 0.29) is 17.0 Å². The lowest BCUT2D eigenvalue weighted by atomic mass is 10.2. The molecule has 0 aliphatic carbocycles. The Kier molecular flexibility index (Phi) is 5.21. The molecule has 0 unspecified atom stereocenters. The Morgan fingerprint density at radius 3 is 2.26 bits per heavy atom. The molecule has 0 radical (unpaired) electrons. The monoisotopic (exact) mass is 332 g/mol. The highest BCUT2D eigenvalue weighted by Crippen LogP contribution is 2.23. The third kappa shape index (κ3) is 4.00. The predicted molar refractivity (Wildman–Crippen MR) is 84.7 cm³/mol. The van der Waals surface area contributed by atoms with Gasteiger partial charge >= 0.3 is 0 Å². The predicted octanol–water partition coefficient (Wildman–Crippen LogP) is 2.05. The molecule has 0 bridgehead atoms. The van der Waals surface area contributed by atoms with Gasteiger partial charge in [0, 0.05) is 12.6 Å². The zero-order chi connectivity index (χ0) is 16.9. The van der Waals surface area contributed by atoms with E-state index in [2.05, 4.69) is 4.72 Å². The van der Waals surface area contributed by atoms with E-state index in [0.29, 0.717) is 17.1 Å². The maximum absolute atomic E-state index is 12.4. The van der Waals surface area contributed by atoms with Gasteiger partial charge in [0.15, 0.2) is 0 Å². The molecule has 0 aliphatic heterocycles. The van der Waals surface area contributed by atoms with E-state index >= 15 is 0 Å². The van der Waals surface area contributed by atoms with Crippen LogP contribution in [0.3, 0.4) is 0 Å². The van der Waals surface area contributed by atoms with Gasteiger partial charge in [-0.05, 0) is 29.8 Å². The minimum Gasteiger partial charge on any atom is -0.497 e. The number of hydrogen-bond acceptors (Lipinski definition) is 5. The summed E-state index contributed by atoms with van der Waals surface area (Å²) in [5.74, 6) is 1.13. The molecule has 0 aromatic heterocycles. The quantitative estimate of drug-likeness (QED) is 0.874. The summed E-state index contributed by atoms with van der Waals surface area (Å²) in [5.41, 5.74) is 0.780. The Bertz CT molecular complexity index is 819. The van der Waals surface area contributed by atoms with Crippen LogP contribution in [-0.2, 0) is 16.6 Å². The van der Waals surface area contributed by atoms with Crippen molar-refractivity contribution in [2.45, 2.75) is 11.4 Å². The number of sulfonamides is 1. The minimum absolute atomic E-state index is 0.0441. The lowest BCUT2D eigenvalue weighted by molar-refractivity contribution is 0.393. The molecule has 0 spiro atoms. The molecule has 2 rings (SSSR count). The number of ether oxygens (including phenoxy) is 2. The van der Waals surface area contributed by atoms with Crippen molar-refractivity contribution in [3.05, 3.63) is 53.6 Å². The largest absolute Gasteiger partial charge is 0.497 e. The first-order valence-electron chi connectivity index (χ1n) is 6.71. The third-order valence-electron chi connectivity index (χ3n) is 3.17. The summed E-state index contributed by atoms with van der Waals surface area (Å²) in [6, 6.07) is 13.0. The first-order valence-corrected chi connectivity index (χ1v) is 8.19. The van der Waals surface area contributed by atoms with Crippen LogP contribution in [0.5, 0.6) is 11.5 Å². The lowest BCUT2D eigenvalue weighted by Gasteiger charge is -2.11. The van der Waals surface area contributed by atoms with Crippen molar-refractivity contribution in [1.82, 2.24) is 4.72 Å². The zero-order valence-electron chi connectivity index (χ0n) is 12.7. The van der Waals surface area contributed by atoms with Crippen LogP contribution in [0, 0.1) is 11.3 Å². The molecule has 1 N–H and O–H groups in total. The van der Waals surface area contributed by atoms with Gasteiger partial charge in [-0.2, -0.15) is 5.26 Å². The molecule has 7 heteroatoms. The van der Waals surface area contributed by atoms with Crippen LogP contribution in [0.1, 0.15) is 11.1 Å². The fourth-order valence-corrected chi connectivity index (χ4v) is 3.19. The lowest BCUT2D eigenvalue weighted by Crippen LogP contribution is -2.24. The van der Waals surface area contributed by atoms with Gasteiger partial charge in [0.25, 0.3) is 0 Å². The Morgan fingerprint density at radius 1 is 1.09 bits per heavy atom. The number of rotatable bonds is 6. The van der Waals surface area contributed by atoms with Crippen molar-refractivity contribution >= 4 is 10.0 Å². The number of methoxy groups -OCH3 is 2. The van der Waals surface area contributed by atoms with E-state index in [9.17, 15) is 8.42 Å². The fourth-order valence-electron chi connectivity index (χ4n) is 2.02. The highest BCUT2D eigenvalue weighted by molar-refractivity contribution is 7.89. The first-order chi connectivity index (χ1) is 11.0. The molecule has 0 amide bonds. The van der Waals surface area contributed by atoms with Crippen LogP contribution < -0.4 is 14.2 Å². The number of nitriles is 1. The Balaban J connectivity index is 2.25. The molecule has 2 aromatic rings. The fraction of sp³-hybridized carbons (Fsp3) is 0.188.